The molecule has 2 atom stereocenters. The first kappa shape index (κ1) is 14.8. The zero-order chi connectivity index (χ0) is 12.9. The minimum Gasteiger partial charge on any atom is -0.395 e. The molecule has 17 heavy (non-hydrogen) atoms. The van der Waals surface area contributed by atoms with Crippen molar-refractivity contribution in [3.05, 3.63) is 0 Å². The van der Waals surface area contributed by atoms with Crippen molar-refractivity contribution in [2.75, 3.05) is 12.9 Å². The van der Waals surface area contributed by atoms with Crippen LogP contribution in [0, 0.1) is 0 Å². The van der Waals surface area contributed by atoms with Crippen molar-refractivity contribution < 1.29 is 9.90 Å². The third kappa shape index (κ3) is 4.48. The lowest BCUT2D eigenvalue weighted by Gasteiger charge is -2.26. The third-order valence-corrected chi connectivity index (χ3v) is 4.70. The fourth-order valence-electron chi connectivity index (χ4n) is 2.41. The van der Waals surface area contributed by atoms with Gasteiger partial charge in [0.15, 0.2) is 0 Å². The first-order valence-electron chi connectivity index (χ1n) is 6.22. The molecule has 1 aliphatic rings. The standard InChI is InChI=1S/C12H24N2O2S/c1-9(10(8-15)17-2)14-11(16)7-12(13)5-3-4-6-12/h9-10,15H,3-8,13H2,1-2H3,(H,14,16). The van der Waals surface area contributed by atoms with Gasteiger partial charge in [-0.3, -0.25) is 4.79 Å². The quantitative estimate of drug-likeness (QED) is 0.662. The van der Waals surface area contributed by atoms with E-state index in [9.17, 15) is 4.79 Å². The highest BCUT2D eigenvalue weighted by Crippen LogP contribution is 2.29. The van der Waals surface area contributed by atoms with Crippen molar-refractivity contribution in [3.8, 4) is 0 Å². The van der Waals surface area contributed by atoms with Gasteiger partial charge in [-0.1, -0.05) is 12.8 Å². The van der Waals surface area contributed by atoms with Crippen molar-refractivity contribution >= 4 is 17.7 Å². The van der Waals surface area contributed by atoms with Gasteiger partial charge in [-0.25, -0.2) is 0 Å². The molecule has 0 spiro atoms. The lowest BCUT2D eigenvalue weighted by molar-refractivity contribution is -0.122. The van der Waals surface area contributed by atoms with Gasteiger partial charge in [-0.15, -0.1) is 0 Å². The van der Waals surface area contributed by atoms with Crippen molar-refractivity contribution in [3.63, 3.8) is 0 Å². The second kappa shape index (κ2) is 6.61. The van der Waals surface area contributed by atoms with Crippen LogP contribution in [0.3, 0.4) is 0 Å². The van der Waals surface area contributed by atoms with Crippen molar-refractivity contribution in [1.29, 1.82) is 0 Å². The number of hydrogen-bond donors (Lipinski definition) is 3. The molecule has 0 heterocycles. The number of nitrogens with one attached hydrogen (secondary N) is 1. The Labute approximate surface area is 108 Å². The van der Waals surface area contributed by atoms with Crippen LogP contribution in [0.2, 0.25) is 0 Å². The maximum absolute atomic E-state index is 11.9. The monoisotopic (exact) mass is 260 g/mol. The van der Waals surface area contributed by atoms with Crippen molar-refractivity contribution in [1.82, 2.24) is 5.32 Å². The topological polar surface area (TPSA) is 75.3 Å². The third-order valence-electron chi connectivity index (χ3n) is 3.54. The zero-order valence-corrected chi connectivity index (χ0v) is 11.6. The summed E-state index contributed by atoms with van der Waals surface area (Å²) in [4.78, 5) is 11.9. The summed E-state index contributed by atoms with van der Waals surface area (Å²) in [5.41, 5.74) is 5.87. The molecule has 1 saturated carbocycles. The van der Waals surface area contributed by atoms with Crippen molar-refractivity contribution in [2.24, 2.45) is 5.73 Å². The van der Waals surface area contributed by atoms with Gasteiger partial charge in [0.1, 0.15) is 0 Å². The Morgan fingerprint density at radius 3 is 2.59 bits per heavy atom. The average Bonchev–Trinajstić information content (AvgIpc) is 2.66. The maximum atomic E-state index is 11.9. The van der Waals surface area contributed by atoms with Gasteiger partial charge >= 0.3 is 0 Å². The fraction of sp³-hybridized carbons (Fsp3) is 0.917. The number of thioether (sulfide) groups is 1. The summed E-state index contributed by atoms with van der Waals surface area (Å²) in [5.74, 6) is 0.00870. The first-order chi connectivity index (χ1) is 8.00. The minimum absolute atomic E-state index is 0.00870. The number of nitrogens with two attached hydrogens (primary N) is 1. The molecular weight excluding hydrogens is 236 g/mol. The van der Waals surface area contributed by atoms with E-state index < -0.39 is 0 Å². The summed E-state index contributed by atoms with van der Waals surface area (Å²) in [6, 6.07) is -0.0208. The number of aliphatic hydroxyl groups is 1. The van der Waals surface area contributed by atoms with E-state index in [0.717, 1.165) is 25.7 Å². The Bertz CT molecular complexity index is 251. The molecule has 100 valence electrons. The SMILES string of the molecule is CSC(CO)C(C)NC(=O)CC1(N)CCCC1. The molecule has 1 aliphatic carbocycles. The number of carbonyl (C=O) groups excluding carboxylic acids is 1. The van der Waals surface area contributed by atoms with Crippen LogP contribution in [0.5, 0.6) is 0 Å². The molecule has 0 aromatic carbocycles. The van der Waals surface area contributed by atoms with Gasteiger partial charge in [-0.2, -0.15) is 11.8 Å². The first-order valence-corrected chi connectivity index (χ1v) is 7.51. The Hall–Kier alpha value is -0.260. The van der Waals surface area contributed by atoms with Crippen LogP contribution in [0.4, 0.5) is 0 Å². The van der Waals surface area contributed by atoms with Crippen LogP contribution in [-0.4, -0.2) is 40.7 Å². The minimum atomic E-state index is -0.294. The van der Waals surface area contributed by atoms with Crippen LogP contribution in [0.1, 0.15) is 39.0 Å². The maximum Gasteiger partial charge on any atom is 0.222 e. The van der Waals surface area contributed by atoms with Gasteiger partial charge in [0.25, 0.3) is 0 Å². The highest BCUT2D eigenvalue weighted by molar-refractivity contribution is 7.99. The summed E-state index contributed by atoms with van der Waals surface area (Å²) in [7, 11) is 0. The van der Waals surface area contributed by atoms with E-state index >= 15 is 0 Å². The van der Waals surface area contributed by atoms with Gasteiger partial charge in [0.05, 0.1) is 6.61 Å². The lowest BCUT2D eigenvalue weighted by atomic mass is 9.94. The number of rotatable bonds is 6. The highest BCUT2D eigenvalue weighted by Gasteiger charge is 2.32. The van der Waals surface area contributed by atoms with Crippen LogP contribution < -0.4 is 11.1 Å². The molecule has 4 nitrogen and oxygen atoms in total. The van der Waals surface area contributed by atoms with E-state index in [0.29, 0.717) is 6.42 Å². The van der Waals surface area contributed by atoms with Crippen LogP contribution in [0.15, 0.2) is 0 Å². The number of aliphatic hydroxyl groups excluding tert-OH is 1. The largest absolute Gasteiger partial charge is 0.395 e. The molecule has 1 fully saturated rings. The molecule has 0 saturated heterocycles. The van der Waals surface area contributed by atoms with Crippen LogP contribution in [0.25, 0.3) is 0 Å². The number of hydrogen-bond acceptors (Lipinski definition) is 4. The summed E-state index contributed by atoms with van der Waals surface area (Å²) >= 11 is 1.57. The molecule has 1 amide bonds. The molecular formula is C12H24N2O2S. The molecule has 0 aromatic heterocycles. The summed E-state index contributed by atoms with van der Waals surface area (Å²) < 4.78 is 0. The smallest absolute Gasteiger partial charge is 0.222 e. The fourth-order valence-corrected chi connectivity index (χ4v) is 3.04. The van der Waals surface area contributed by atoms with E-state index in [2.05, 4.69) is 5.32 Å². The van der Waals surface area contributed by atoms with Gasteiger partial charge in [-0.05, 0) is 26.0 Å². The second-order valence-electron chi connectivity index (χ2n) is 5.06. The average molecular weight is 260 g/mol. The molecule has 0 aromatic rings. The Balaban J connectivity index is 2.38. The molecule has 1 rings (SSSR count). The van der Waals surface area contributed by atoms with E-state index in [1.165, 1.54) is 0 Å². The number of amides is 1. The molecule has 2 unspecified atom stereocenters. The second-order valence-corrected chi connectivity index (χ2v) is 6.14. The number of carbonyl (C=O) groups is 1. The van der Waals surface area contributed by atoms with Gasteiger partial charge in [0.2, 0.25) is 5.91 Å². The van der Waals surface area contributed by atoms with E-state index in [4.69, 9.17) is 10.8 Å². The predicted molar refractivity (Wildman–Crippen MR) is 72.0 cm³/mol. The predicted octanol–water partition coefficient (Wildman–Crippen LogP) is 0.877. The van der Waals surface area contributed by atoms with E-state index in [-0.39, 0.29) is 29.3 Å². The summed E-state index contributed by atoms with van der Waals surface area (Å²) in [6.45, 7) is 2.00. The summed E-state index contributed by atoms with van der Waals surface area (Å²) in [5, 5.41) is 12.1. The highest BCUT2D eigenvalue weighted by atomic mass is 32.2. The van der Waals surface area contributed by atoms with Crippen LogP contribution >= 0.6 is 11.8 Å². The molecule has 4 N–H and O–H groups in total. The van der Waals surface area contributed by atoms with E-state index in [1.807, 2.05) is 13.2 Å². The Morgan fingerprint density at radius 1 is 1.53 bits per heavy atom. The molecule has 5 heteroatoms. The van der Waals surface area contributed by atoms with Gasteiger partial charge in [0, 0.05) is 23.3 Å². The summed E-state index contributed by atoms with van der Waals surface area (Å²) in [6.07, 6.45) is 6.49. The normalized spacial score (nSPS) is 22.1. The zero-order valence-electron chi connectivity index (χ0n) is 10.7. The molecule has 0 radical (unpaired) electrons. The van der Waals surface area contributed by atoms with Crippen LogP contribution in [-0.2, 0) is 4.79 Å². The van der Waals surface area contributed by atoms with Gasteiger partial charge < -0.3 is 16.2 Å². The Kier molecular flexibility index (Phi) is 5.76. The van der Waals surface area contributed by atoms with Crippen molar-refractivity contribution in [2.45, 2.75) is 55.9 Å². The Morgan fingerprint density at radius 2 is 2.12 bits per heavy atom. The lowest BCUT2D eigenvalue weighted by Crippen LogP contribution is -2.47. The van der Waals surface area contributed by atoms with E-state index in [1.54, 1.807) is 11.8 Å². The molecule has 0 bridgehead atoms. The molecule has 0 aliphatic heterocycles.